The third-order valence-corrected chi connectivity index (χ3v) is 3.10. The summed E-state index contributed by atoms with van der Waals surface area (Å²) in [6.45, 7) is -1.08. The predicted octanol–water partition coefficient (Wildman–Crippen LogP) is -1.31. The van der Waals surface area contributed by atoms with Crippen LogP contribution in [0.15, 0.2) is 15.8 Å². The fourth-order valence-corrected chi connectivity index (χ4v) is 2.07. The van der Waals surface area contributed by atoms with Gasteiger partial charge in [0.05, 0.1) is 19.4 Å². The third-order valence-electron chi connectivity index (χ3n) is 3.10. The van der Waals surface area contributed by atoms with E-state index in [9.17, 15) is 19.1 Å². The SMILES string of the molecule is O=c1[nH]c(=O)n([C@H]2C[C@H](O)[C@@H](CO)O2)cc1CCF. The number of aryl methyl sites for hydroxylation is 1. The third kappa shape index (κ3) is 2.75. The largest absolute Gasteiger partial charge is 0.394 e. The van der Waals surface area contributed by atoms with Crippen LogP contribution in [0.4, 0.5) is 4.39 Å². The number of ether oxygens (including phenoxy) is 1. The smallest absolute Gasteiger partial charge is 0.330 e. The van der Waals surface area contributed by atoms with E-state index in [4.69, 9.17) is 9.84 Å². The van der Waals surface area contributed by atoms with E-state index in [1.165, 1.54) is 6.20 Å². The number of hydrogen-bond donors (Lipinski definition) is 3. The molecule has 0 amide bonds. The fraction of sp³-hybridized carbons (Fsp3) is 0.636. The highest BCUT2D eigenvalue weighted by Crippen LogP contribution is 2.27. The average molecular weight is 274 g/mol. The molecule has 3 atom stereocenters. The van der Waals surface area contributed by atoms with Gasteiger partial charge in [-0.2, -0.15) is 0 Å². The lowest BCUT2D eigenvalue weighted by Gasteiger charge is -2.15. The zero-order valence-corrected chi connectivity index (χ0v) is 10.1. The Balaban J connectivity index is 2.33. The van der Waals surface area contributed by atoms with Crippen molar-refractivity contribution < 1.29 is 19.3 Å². The van der Waals surface area contributed by atoms with Crippen molar-refractivity contribution in [2.24, 2.45) is 0 Å². The van der Waals surface area contributed by atoms with Gasteiger partial charge >= 0.3 is 5.69 Å². The molecule has 1 saturated heterocycles. The highest BCUT2D eigenvalue weighted by Gasteiger charge is 2.35. The van der Waals surface area contributed by atoms with E-state index < -0.39 is 36.4 Å². The van der Waals surface area contributed by atoms with E-state index in [1.54, 1.807) is 0 Å². The molecule has 106 valence electrons. The van der Waals surface area contributed by atoms with Crippen molar-refractivity contribution >= 4 is 0 Å². The van der Waals surface area contributed by atoms with Gasteiger partial charge < -0.3 is 14.9 Å². The number of rotatable bonds is 4. The van der Waals surface area contributed by atoms with Gasteiger partial charge in [0.25, 0.3) is 5.56 Å². The van der Waals surface area contributed by atoms with Crippen LogP contribution in [-0.2, 0) is 11.2 Å². The second-order valence-corrected chi connectivity index (χ2v) is 4.37. The number of H-pyrrole nitrogens is 1. The van der Waals surface area contributed by atoms with E-state index in [-0.39, 0.29) is 25.0 Å². The van der Waals surface area contributed by atoms with Crippen LogP contribution in [-0.4, -0.2) is 45.3 Å². The van der Waals surface area contributed by atoms with Crippen molar-refractivity contribution in [1.29, 1.82) is 0 Å². The first-order valence-electron chi connectivity index (χ1n) is 5.91. The molecule has 7 nitrogen and oxygen atoms in total. The van der Waals surface area contributed by atoms with Gasteiger partial charge in [-0.15, -0.1) is 0 Å². The number of aliphatic hydroxyl groups excluding tert-OH is 2. The molecule has 19 heavy (non-hydrogen) atoms. The highest BCUT2D eigenvalue weighted by molar-refractivity contribution is 5.05. The van der Waals surface area contributed by atoms with Crippen molar-refractivity contribution in [3.05, 3.63) is 32.6 Å². The maximum atomic E-state index is 12.3. The number of aliphatic hydroxyl groups is 2. The molecule has 0 spiro atoms. The van der Waals surface area contributed by atoms with Crippen LogP contribution in [0.25, 0.3) is 0 Å². The summed E-state index contributed by atoms with van der Waals surface area (Å²) in [5, 5.41) is 18.6. The maximum absolute atomic E-state index is 12.3. The summed E-state index contributed by atoms with van der Waals surface area (Å²) in [4.78, 5) is 25.2. The molecule has 0 radical (unpaired) electrons. The molecule has 0 unspecified atom stereocenters. The summed E-state index contributed by atoms with van der Waals surface area (Å²) < 4.78 is 18.7. The molecule has 1 aromatic rings. The van der Waals surface area contributed by atoms with Crippen LogP contribution in [0, 0.1) is 0 Å². The number of hydrogen-bond acceptors (Lipinski definition) is 5. The van der Waals surface area contributed by atoms with Crippen molar-refractivity contribution in [2.75, 3.05) is 13.3 Å². The van der Waals surface area contributed by atoms with Crippen molar-refractivity contribution in [1.82, 2.24) is 9.55 Å². The van der Waals surface area contributed by atoms with Gasteiger partial charge in [-0.25, -0.2) is 4.79 Å². The molecule has 2 rings (SSSR count). The Hall–Kier alpha value is -1.51. The molecule has 8 heteroatoms. The van der Waals surface area contributed by atoms with Crippen molar-refractivity contribution in [3.63, 3.8) is 0 Å². The van der Waals surface area contributed by atoms with Gasteiger partial charge in [0, 0.05) is 24.6 Å². The lowest BCUT2D eigenvalue weighted by molar-refractivity contribution is -0.0460. The van der Waals surface area contributed by atoms with Gasteiger partial charge in [0.1, 0.15) is 12.3 Å². The molecule has 3 N–H and O–H groups in total. The zero-order chi connectivity index (χ0) is 14.0. The highest BCUT2D eigenvalue weighted by atomic mass is 19.1. The number of aromatic nitrogens is 2. The summed E-state index contributed by atoms with van der Waals surface area (Å²) in [6, 6.07) is 0. The molecule has 1 aromatic heterocycles. The second kappa shape index (κ2) is 5.64. The Labute approximate surface area is 107 Å². The molecule has 0 saturated carbocycles. The number of halogens is 1. The minimum absolute atomic E-state index is 0.103. The predicted molar refractivity (Wildman–Crippen MR) is 62.6 cm³/mol. The van der Waals surface area contributed by atoms with Crippen LogP contribution >= 0.6 is 0 Å². The Morgan fingerprint density at radius 3 is 2.84 bits per heavy atom. The summed E-state index contributed by atoms with van der Waals surface area (Å²) in [6.07, 6.45) is -1.19. The van der Waals surface area contributed by atoms with Crippen LogP contribution < -0.4 is 11.2 Å². The van der Waals surface area contributed by atoms with E-state index in [2.05, 4.69) is 4.98 Å². The van der Waals surface area contributed by atoms with Crippen molar-refractivity contribution in [3.8, 4) is 0 Å². The van der Waals surface area contributed by atoms with E-state index in [1.807, 2.05) is 0 Å². The Morgan fingerprint density at radius 1 is 1.53 bits per heavy atom. The minimum atomic E-state index is -0.890. The first-order chi connectivity index (χ1) is 9.06. The van der Waals surface area contributed by atoms with Crippen LogP contribution in [0.1, 0.15) is 18.2 Å². The summed E-state index contributed by atoms with van der Waals surface area (Å²) in [7, 11) is 0. The minimum Gasteiger partial charge on any atom is -0.394 e. The summed E-state index contributed by atoms with van der Waals surface area (Å²) >= 11 is 0. The first kappa shape index (κ1) is 13.9. The summed E-state index contributed by atoms with van der Waals surface area (Å²) in [5.74, 6) is 0. The monoisotopic (exact) mass is 274 g/mol. The lowest BCUT2D eigenvalue weighted by atomic mass is 10.2. The normalized spacial score (nSPS) is 26.8. The standard InChI is InChI=1S/C11H15FN2O5/c12-2-1-6-4-14(11(18)13-10(6)17)9-3-7(16)8(5-15)19-9/h4,7-9,15-16H,1-3,5H2,(H,13,17,18)/t7-,8+,9+/m0/s1. The molecule has 1 aliphatic rings. The number of nitrogens with one attached hydrogen (secondary N) is 1. The Kier molecular flexibility index (Phi) is 4.13. The lowest BCUT2D eigenvalue weighted by Crippen LogP contribution is -2.34. The molecule has 2 heterocycles. The average Bonchev–Trinajstić information content (AvgIpc) is 2.74. The number of aromatic amines is 1. The topological polar surface area (TPSA) is 105 Å². The van der Waals surface area contributed by atoms with Gasteiger partial charge in [0.2, 0.25) is 0 Å². The second-order valence-electron chi connectivity index (χ2n) is 4.37. The zero-order valence-electron chi connectivity index (χ0n) is 10.1. The Morgan fingerprint density at radius 2 is 2.26 bits per heavy atom. The molecule has 0 bridgehead atoms. The van der Waals surface area contributed by atoms with Gasteiger partial charge in [-0.1, -0.05) is 0 Å². The van der Waals surface area contributed by atoms with Gasteiger partial charge in [-0.05, 0) is 0 Å². The van der Waals surface area contributed by atoms with E-state index in [0.717, 1.165) is 4.57 Å². The van der Waals surface area contributed by atoms with Crippen LogP contribution in [0.3, 0.4) is 0 Å². The molecule has 1 aliphatic heterocycles. The summed E-state index contributed by atoms with van der Waals surface area (Å²) in [5.41, 5.74) is -1.19. The van der Waals surface area contributed by atoms with Crippen molar-refractivity contribution in [2.45, 2.75) is 31.3 Å². The van der Waals surface area contributed by atoms with Gasteiger partial charge in [-0.3, -0.25) is 18.7 Å². The molecule has 0 aromatic carbocycles. The molecular weight excluding hydrogens is 259 g/mol. The quantitative estimate of drug-likeness (QED) is 0.632. The van der Waals surface area contributed by atoms with E-state index in [0.29, 0.717) is 0 Å². The fourth-order valence-electron chi connectivity index (χ4n) is 2.07. The number of nitrogens with zero attached hydrogens (tertiary/aromatic N) is 1. The maximum Gasteiger partial charge on any atom is 0.330 e. The Bertz CT molecular complexity index is 555. The van der Waals surface area contributed by atoms with Gasteiger partial charge in [0.15, 0.2) is 0 Å². The van der Waals surface area contributed by atoms with Crippen LogP contribution in [0.5, 0.6) is 0 Å². The molecular formula is C11H15FN2O5. The van der Waals surface area contributed by atoms with Crippen LogP contribution in [0.2, 0.25) is 0 Å². The number of alkyl halides is 1. The first-order valence-corrected chi connectivity index (χ1v) is 5.91. The molecule has 1 fully saturated rings. The van der Waals surface area contributed by atoms with E-state index >= 15 is 0 Å². The molecule has 0 aliphatic carbocycles.